The maximum atomic E-state index is 12.9. The van der Waals surface area contributed by atoms with Gasteiger partial charge in [-0.1, -0.05) is 56.5 Å². The lowest BCUT2D eigenvalue weighted by molar-refractivity contribution is 0.00812. The van der Waals surface area contributed by atoms with E-state index in [0.717, 1.165) is 43.9 Å². The van der Waals surface area contributed by atoms with Crippen molar-refractivity contribution in [1.29, 1.82) is 0 Å². The van der Waals surface area contributed by atoms with Crippen LogP contribution in [0.3, 0.4) is 0 Å². The number of esters is 1. The molecule has 0 bridgehead atoms. The van der Waals surface area contributed by atoms with Gasteiger partial charge in [0.2, 0.25) is 0 Å². The van der Waals surface area contributed by atoms with E-state index in [1.54, 1.807) is 12.1 Å². The highest BCUT2D eigenvalue weighted by Gasteiger charge is 2.28. The minimum atomic E-state index is -0.502. The van der Waals surface area contributed by atoms with Gasteiger partial charge in [0, 0.05) is 43.9 Å². The Hall–Kier alpha value is -2.77. The number of piperazine rings is 1. The minimum absolute atomic E-state index is 0.0690. The Morgan fingerprint density at radius 3 is 2.14 bits per heavy atom. The van der Waals surface area contributed by atoms with Gasteiger partial charge in [-0.2, -0.15) is 0 Å². The summed E-state index contributed by atoms with van der Waals surface area (Å²) < 4.78 is 7.46. The van der Waals surface area contributed by atoms with E-state index in [1.807, 2.05) is 30.4 Å². The number of hydrogen-bond donors (Lipinski definition) is 2. The Morgan fingerprint density at radius 1 is 0.886 bits per heavy atom. The summed E-state index contributed by atoms with van der Waals surface area (Å²) in [5.74, 6) is -0.248. The second-order valence-corrected chi connectivity index (χ2v) is 9.69. The molecule has 1 saturated heterocycles. The van der Waals surface area contributed by atoms with Crippen LogP contribution in [0.2, 0.25) is 0 Å². The van der Waals surface area contributed by atoms with Crippen molar-refractivity contribution in [1.82, 2.24) is 14.4 Å². The third-order valence-electron chi connectivity index (χ3n) is 7.15. The first kappa shape index (κ1) is 25.3. The number of rotatable bonds is 11. The predicted molar refractivity (Wildman–Crippen MR) is 137 cm³/mol. The van der Waals surface area contributed by atoms with Crippen molar-refractivity contribution in [2.45, 2.75) is 58.1 Å². The molecule has 2 aromatic rings. The molecule has 35 heavy (non-hydrogen) atoms. The SMILES string of the molecule is CCCCCCN1CCN(CC(Cn2c(O)c3c(c2O)CC=CC3)OC(=O)c2ccccc2)CC1. The number of fused-ring (bicyclic) bond motifs is 1. The van der Waals surface area contributed by atoms with Crippen molar-refractivity contribution in [2.24, 2.45) is 0 Å². The van der Waals surface area contributed by atoms with Crippen LogP contribution < -0.4 is 0 Å². The van der Waals surface area contributed by atoms with Crippen molar-refractivity contribution < 1.29 is 19.7 Å². The first-order valence-corrected chi connectivity index (χ1v) is 13.0. The lowest BCUT2D eigenvalue weighted by atomic mass is 10.0. The highest BCUT2D eigenvalue weighted by molar-refractivity contribution is 5.89. The zero-order valence-corrected chi connectivity index (χ0v) is 20.9. The summed E-state index contributed by atoms with van der Waals surface area (Å²) in [6.07, 6.45) is 9.77. The molecule has 190 valence electrons. The van der Waals surface area contributed by atoms with Gasteiger partial charge in [-0.25, -0.2) is 4.79 Å². The van der Waals surface area contributed by atoms with Crippen LogP contribution in [0.25, 0.3) is 0 Å². The van der Waals surface area contributed by atoms with E-state index in [1.165, 1.54) is 30.3 Å². The zero-order chi connectivity index (χ0) is 24.6. The molecule has 2 aliphatic rings. The smallest absolute Gasteiger partial charge is 0.338 e. The fourth-order valence-corrected chi connectivity index (χ4v) is 5.08. The van der Waals surface area contributed by atoms with E-state index in [2.05, 4.69) is 16.7 Å². The summed E-state index contributed by atoms with van der Waals surface area (Å²) >= 11 is 0. The van der Waals surface area contributed by atoms with Crippen molar-refractivity contribution >= 4 is 5.97 Å². The molecule has 1 aromatic carbocycles. The van der Waals surface area contributed by atoms with Crippen LogP contribution in [0.1, 0.15) is 54.1 Å². The molecule has 0 amide bonds. The molecule has 1 unspecified atom stereocenters. The molecule has 1 aliphatic heterocycles. The molecule has 2 N–H and O–H groups in total. The molecular weight excluding hydrogens is 442 g/mol. The molecular formula is C28H39N3O4. The van der Waals surface area contributed by atoms with Gasteiger partial charge >= 0.3 is 5.97 Å². The van der Waals surface area contributed by atoms with E-state index >= 15 is 0 Å². The Morgan fingerprint density at radius 2 is 1.51 bits per heavy atom. The van der Waals surface area contributed by atoms with Crippen molar-refractivity contribution in [2.75, 3.05) is 39.3 Å². The van der Waals surface area contributed by atoms with Crippen LogP contribution in [-0.4, -0.2) is 75.9 Å². The minimum Gasteiger partial charge on any atom is -0.494 e. The Balaban J connectivity index is 1.42. The summed E-state index contributed by atoms with van der Waals surface area (Å²) in [5, 5.41) is 21.7. The second kappa shape index (κ2) is 12.3. The number of carbonyl (C=O) groups is 1. The van der Waals surface area contributed by atoms with Gasteiger partial charge in [0.1, 0.15) is 6.10 Å². The molecule has 1 atom stereocenters. The molecule has 2 heterocycles. The van der Waals surface area contributed by atoms with E-state index < -0.39 is 6.10 Å². The molecule has 7 heteroatoms. The van der Waals surface area contributed by atoms with Gasteiger partial charge in [0.05, 0.1) is 12.1 Å². The number of hydrogen-bond acceptors (Lipinski definition) is 6. The van der Waals surface area contributed by atoms with Crippen molar-refractivity contribution in [3.05, 3.63) is 59.2 Å². The molecule has 0 spiro atoms. The predicted octanol–water partition coefficient (Wildman–Crippen LogP) is 3.98. The Kier molecular flexibility index (Phi) is 8.88. The van der Waals surface area contributed by atoms with Gasteiger partial charge in [0.15, 0.2) is 11.8 Å². The topological polar surface area (TPSA) is 78.2 Å². The number of unbranched alkanes of at least 4 members (excludes halogenated alkanes) is 3. The number of ether oxygens (including phenoxy) is 1. The Labute approximate surface area is 208 Å². The van der Waals surface area contributed by atoms with E-state index in [4.69, 9.17) is 4.74 Å². The fraction of sp³-hybridized carbons (Fsp3) is 0.536. The lowest BCUT2D eigenvalue weighted by Crippen LogP contribution is -2.49. The lowest BCUT2D eigenvalue weighted by Gasteiger charge is -2.36. The summed E-state index contributed by atoms with van der Waals surface area (Å²) in [4.78, 5) is 17.7. The largest absolute Gasteiger partial charge is 0.494 e. The molecule has 0 radical (unpaired) electrons. The second-order valence-electron chi connectivity index (χ2n) is 9.69. The van der Waals surface area contributed by atoms with Crippen LogP contribution >= 0.6 is 0 Å². The van der Waals surface area contributed by atoms with E-state index in [0.29, 0.717) is 24.9 Å². The third-order valence-corrected chi connectivity index (χ3v) is 7.15. The first-order valence-electron chi connectivity index (χ1n) is 13.0. The van der Waals surface area contributed by atoms with Crippen LogP contribution in [-0.2, 0) is 24.1 Å². The Bertz CT molecular complexity index is 962. The number of nitrogens with zero attached hydrogens (tertiary/aromatic N) is 3. The first-order chi connectivity index (χ1) is 17.1. The monoisotopic (exact) mass is 481 g/mol. The highest BCUT2D eigenvalue weighted by Crippen LogP contribution is 2.37. The normalized spacial score (nSPS) is 17.3. The molecule has 4 rings (SSSR count). The van der Waals surface area contributed by atoms with Crippen molar-refractivity contribution in [3.8, 4) is 11.8 Å². The standard InChI is InChI=1S/C28H39N3O4/c1-2-3-4-10-15-29-16-18-30(19-17-29)20-23(35-28(34)22-11-6-5-7-12-22)21-31-26(32)24-13-8-9-14-25(24)27(31)33/h5-9,11-12,23,32-33H,2-4,10,13-21H2,1H3. The summed E-state index contributed by atoms with van der Waals surface area (Å²) in [5.41, 5.74) is 2.02. The third kappa shape index (κ3) is 6.47. The summed E-state index contributed by atoms with van der Waals surface area (Å²) in [6, 6.07) is 8.98. The quantitative estimate of drug-likeness (QED) is 0.287. The molecule has 1 aliphatic carbocycles. The van der Waals surface area contributed by atoms with Crippen LogP contribution in [0, 0.1) is 0 Å². The maximum Gasteiger partial charge on any atom is 0.338 e. The van der Waals surface area contributed by atoms with Crippen LogP contribution in [0.4, 0.5) is 0 Å². The number of aromatic nitrogens is 1. The zero-order valence-electron chi connectivity index (χ0n) is 20.9. The maximum absolute atomic E-state index is 12.9. The average molecular weight is 482 g/mol. The van der Waals surface area contributed by atoms with Gasteiger partial charge in [-0.3, -0.25) is 9.47 Å². The molecule has 1 aromatic heterocycles. The van der Waals surface area contributed by atoms with E-state index in [-0.39, 0.29) is 24.3 Å². The summed E-state index contributed by atoms with van der Waals surface area (Å²) in [7, 11) is 0. The summed E-state index contributed by atoms with van der Waals surface area (Å²) in [6.45, 7) is 7.98. The van der Waals surface area contributed by atoms with Gasteiger partial charge < -0.3 is 19.8 Å². The number of aromatic hydroxyl groups is 2. The number of carbonyl (C=O) groups excluding carboxylic acids is 1. The molecule has 7 nitrogen and oxygen atoms in total. The number of allylic oxidation sites excluding steroid dienone is 2. The molecule has 1 fully saturated rings. The van der Waals surface area contributed by atoms with Gasteiger partial charge in [-0.05, 0) is 37.9 Å². The van der Waals surface area contributed by atoms with Gasteiger partial charge in [0.25, 0.3) is 0 Å². The van der Waals surface area contributed by atoms with Gasteiger partial charge in [-0.15, -0.1) is 0 Å². The highest BCUT2D eigenvalue weighted by atomic mass is 16.5. The fourth-order valence-electron chi connectivity index (χ4n) is 5.08. The van der Waals surface area contributed by atoms with Crippen molar-refractivity contribution in [3.63, 3.8) is 0 Å². The number of benzene rings is 1. The van der Waals surface area contributed by atoms with Crippen LogP contribution in [0.15, 0.2) is 42.5 Å². The van der Waals surface area contributed by atoms with Crippen LogP contribution in [0.5, 0.6) is 11.8 Å². The average Bonchev–Trinajstić information content (AvgIpc) is 3.13. The molecule has 0 saturated carbocycles. The van der Waals surface area contributed by atoms with E-state index in [9.17, 15) is 15.0 Å².